The molecule has 0 aliphatic carbocycles. The van der Waals surface area contributed by atoms with E-state index in [0.29, 0.717) is 59.3 Å². The zero-order valence-electron chi connectivity index (χ0n) is 20.1. The molecule has 2 heterocycles. The number of rotatable bonds is 10. The molecule has 11 heteroatoms. The third-order valence-corrected chi connectivity index (χ3v) is 5.78. The fourth-order valence-electron chi connectivity index (χ4n) is 3.69. The number of hydrogen-bond donors (Lipinski definition) is 3. The third kappa shape index (κ3) is 6.21. The summed E-state index contributed by atoms with van der Waals surface area (Å²) in [5, 5.41) is 11.4. The van der Waals surface area contributed by atoms with Crippen LogP contribution in [0.15, 0.2) is 70.0 Å². The second-order valence-electron chi connectivity index (χ2n) is 8.17. The van der Waals surface area contributed by atoms with E-state index in [4.69, 9.17) is 21.1 Å². The highest BCUT2D eigenvalue weighted by Crippen LogP contribution is 2.17. The third-order valence-electron chi connectivity index (χ3n) is 5.54. The van der Waals surface area contributed by atoms with E-state index in [2.05, 4.69) is 20.7 Å². The van der Waals surface area contributed by atoms with Crippen molar-refractivity contribution in [3.05, 3.63) is 70.5 Å². The second-order valence-corrected chi connectivity index (χ2v) is 8.61. The Morgan fingerprint density at radius 3 is 2.78 bits per heavy atom. The number of ether oxygens (including phenoxy) is 2. The molecule has 0 radical (unpaired) electrons. The van der Waals surface area contributed by atoms with Crippen molar-refractivity contribution in [3.63, 3.8) is 0 Å². The van der Waals surface area contributed by atoms with Gasteiger partial charge in [-0.3, -0.25) is 19.8 Å². The SMILES string of the molecule is COc1ccc(CN=C2NC(C)=C3C(=O)N(CC(=O)NCCCOc4cccc(Cl)c4)C=N[NH+]23)cc1. The Bertz CT molecular complexity index is 1210. The van der Waals surface area contributed by atoms with Crippen molar-refractivity contribution in [2.45, 2.75) is 19.9 Å². The minimum absolute atomic E-state index is 0.125. The van der Waals surface area contributed by atoms with E-state index in [1.54, 1.807) is 26.2 Å². The van der Waals surface area contributed by atoms with E-state index in [0.717, 1.165) is 11.3 Å². The molecule has 188 valence electrons. The van der Waals surface area contributed by atoms with Crippen LogP contribution < -0.4 is 25.1 Å². The van der Waals surface area contributed by atoms with Crippen LogP contribution in [0.25, 0.3) is 0 Å². The van der Waals surface area contributed by atoms with Gasteiger partial charge in [0.15, 0.2) is 6.34 Å². The Labute approximate surface area is 214 Å². The first-order valence-corrected chi connectivity index (χ1v) is 11.9. The number of allylic oxidation sites excluding steroid dienone is 1. The van der Waals surface area contributed by atoms with Gasteiger partial charge in [0.1, 0.15) is 18.0 Å². The van der Waals surface area contributed by atoms with Gasteiger partial charge in [-0.2, -0.15) is 0 Å². The molecule has 3 N–H and O–H groups in total. The number of nitrogens with zero attached hydrogens (tertiary/aromatic N) is 3. The summed E-state index contributed by atoms with van der Waals surface area (Å²) in [6.45, 7) is 2.94. The van der Waals surface area contributed by atoms with Gasteiger partial charge in [-0.05, 0) is 49.2 Å². The maximum atomic E-state index is 13.0. The summed E-state index contributed by atoms with van der Waals surface area (Å²) in [6, 6.07) is 14.7. The van der Waals surface area contributed by atoms with Gasteiger partial charge in [0, 0.05) is 11.6 Å². The zero-order valence-corrected chi connectivity index (χ0v) is 20.8. The van der Waals surface area contributed by atoms with Crippen LogP contribution in [0.4, 0.5) is 0 Å². The van der Waals surface area contributed by atoms with E-state index in [9.17, 15) is 9.59 Å². The number of methoxy groups -OCH3 is 1. The van der Waals surface area contributed by atoms with Crippen molar-refractivity contribution in [1.29, 1.82) is 0 Å². The Kier molecular flexibility index (Phi) is 8.19. The summed E-state index contributed by atoms with van der Waals surface area (Å²) in [4.78, 5) is 31.3. The summed E-state index contributed by atoms with van der Waals surface area (Å²) >= 11 is 5.93. The van der Waals surface area contributed by atoms with Crippen LogP contribution in [0.3, 0.4) is 0 Å². The van der Waals surface area contributed by atoms with Crippen LogP contribution in [0.1, 0.15) is 18.9 Å². The molecule has 4 rings (SSSR count). The molecule has 0 spiro atoms. The molecule has 0 saturated carbocycles. The predicted molar refractivity (Wildman–Crippen MR) is 136 cm³/mol. The molecule has 2 aromatic rings. The molecule has 2 aliphatic heterocycles. The average Bonchev–Trinajstić information content (AvgIpc) is 3.20. The molecule has 10 nitrogen and oxygen atoms in total. The van der Waals surface area contributed by atoms with E-state index >= 15 is 0 Å². The number of benzene rings is 2. The fraction of sp³-hybridized carbons (Fsp3) is 0.280. The Morgan fingerprint density at radius 1 is 1.22 bits per heavy atom. The van der Waals surface area contributed by atoms with Crippen LogP contribution in [-0.4, -0.2) is 55.8 Å². The summed E-state index contributed by atoms with van der Waals surface area (Å²) in [5.74, 6) is 1.42. The maximum absolute atomic E-state index is 13.0. The lowest BCUT2D eigenvalue weighted by Crippen LogP contribution is -3.10. The monoisotopic (exact) mass is 511 g/mol. The molecule has 2 aromatic carbocycles. The zero-order chi connectivity index (χ0) is 25.5. The normalized spacial score (nSPS) is 17.8. The number of carbonyl (C=O) groups excluding carboxylic acids is 2. The lowest BCUT2D eigenvalue weighted by Gasteiger charge is -2.21. The molecule has 2 aliphatic rings. The Hall–Kier alpha value is -3.89. The second kappa shape index (κ2) is 11.7. The molecule has 0 aromatic heterocycles. The van der Waals surface area contributed by atoms with E-state index in [-0.39, 0.29) is 18.4 Å². The highest BCUT2D eigenvalue weighted by Gasteiger charge is 2.43. The first kappa shape index (κ1) is 25.2. The lowest BCUT2D eigenvalue weighted by molar-refractivity contribution is -0.764. The van der Waals surface area contributed by atoms with E-state index in [1.165, 1.54) is 11.2 Å². The summed E-state index contributed by atoms with van der Waals surface area (Å²) < 4.78 is 10.8. The van der Waals surface area contributed by atoms with Crippen LogP contribution in [0.5, 0.6) is 11.5 Å². The standard InChI is InChI=1S/C25H27ClN6O4/c1-17-23-24(34)31(15-22(33)27-11-4-12-36-21-6-3-5-19(26)13-21)16-29-32(23)25(30-17)28-14-18-7-9-20(35-2)10-8-18/h3,5-10,13,16H,4,11-12,14-15H2,1-2H3,(H,27,33)(H,28,30)/p+1. The summed E-state index contributed by atoms with van der Waals surface area (Å²) in [6.07, 6.45) is 1.99. The number of quaternary nitrogens is 1. The van der Waals surface area contributed by atoms with Crippen LogP contribution in [0.2, 0.25) is 5.02 Å². The van der Waals surface area contributed by atoms with Crippen molar-refractivity contribution >= 4 is 35.7 Å². The number of halogens is 1. The van der Waals surface area contributed by atoms with Crippen LogP contribution in [0, 0.1) is 0 Å². The summed E-state index contributed by atoms with van der Waals surface area (Å²) in [7, 11) is 1.62. The number of fused-ring (bicyclic) bond motifs is 1. The fourth-order valence-corrected chi connectivity index (χ4v) is 3.87. The minimum Gasteiger partial charge on any atom is -0.497 e. The van der Waals surface area contributed by atoms with Gasteiger partial charge in [0.2, 0.25) is 5.91 Å². The average molecular weight is 512 g/mol. The Balaban J connectivity index is 1.26. The largest absolute Gasteiger partial charge is 0.497 e. The van der Waals surface area contributed by atoms with Crippen molar-refractivity contribution in [2.24, 2.45) is 10.1 Å². The molecular weight excluding hydrogens is 484 g/mol. The summed E-state index contributed by atoms with van der Waals surface area (Å²) in [5.41, 5.74) is 2.08. The predicted octanol–water partition coefficient (Wildman–Crippen LogP) is 1.30. The van der Waals surface area contributed by atoms with Gasteiger partial charge < -0.3 is 14.8 Å². The molecule has 0 fully saturated rings. The van der Waals surface area contributed by atoms with Gasteiger partial charge in [0.05, 0.1) is 26.0 Å². The van der Waals surface area contributed by atoms with Crippen LogP contribution >= 0.6 is 11.6 Å². The van der Waals surface area contributed by atoms with E-state index < -0.39 is 0 Å². The lowest BCUT2D eigenvalue weighted by atomic mass is 10.2. The quantitative estimate of drug-likeness (QED) is 0.417. The van der Waals surface area contributed by atoms with Crippen molar-refractivity contribution in [3.8, 4) is 11.5 Å². The van der Waals surface area contributed by atoms with Gasteiger partial charge in [-0.1, -0.05) is 34.9 Å². The first-order valence-electron chi connectivity index (χ1n) is 11.5. The maximum Gasteiger partial charge on any atom is 0.333 e. The molecule has 0 bridgehead atoms. The highest BCUT2D eigenvalue weighted by atomic mass is 35.5. The first-order chi connectivity index (χ1) is 17.4. The number of guanidine groups is 1. The molecule has 1 unspecified atom stereocenters. The number of aliphatic imine (C=N–C) groups is 1. The van der Waals surface area contributed by atoms with Crippen molar-refractivity contribution < 1.29 is 24.1 Å². The number of carbonyl (C=O) groups is 2. The number of hydrogen-bond acceptors (Lipinski definition) is 6. The smallest absolute Gasteiger partial charge is 0.333 e. The number of amides is 2. The van der Waals surface area contributed by atoms with E-state index in [1.807, 2.05) is 36.4 Å². The minimum atomic E-state index is -0.293. The van der Waals surface area contributed by atoms with Crippen molar-refractivity contribution in [1.82, 2.24) is 15.5 Å². The van der Waals surface area contributed by atoms with Gasteiger partial charge in [-0.25, -0.2) is 4.99 Å². The topological polar surface area (TPSA) is 109 Å². The van der Waals surface area contributed by atoms with Crippen LogP contribution in [-0.2, 0) is 16.1 Å². The number of nitrogens with one attached hydrogen (secondary N) is 3. The Morgan fingerprint density at radius 2 is 2.03 bits per heavy atom. The van der Waals surface area contributed by atoms with Gasteiger partial charge in [0.25, 0.3) is 5.70 Å². The van der Waals surface area contributed by atoms with Crippen molar-refractivity contribution in [2.75, 3.05) is 26.8 Å². The van der Waals surface area contributed by atoms with Gasteiger partial charge in [-0.15, -0.1) is 5.01 Å². The molecule has 36 heavy (non-hydrogen) atoms. The molecule has 2 amide bonds. The molecule has 1 atom stereocenters. The molecular formula is C25H28ClN6O4+. The molecule has 0 saturated heterocycles. The highest BCUT2D eigenvalue weighted by molar-refractivity contribution is 6.30. The van der Waals surface area contributed by atoms with Gasteiger partial charge >= 0.3 is 11.9 Å².